The van der Waals surface area contributed by atoms with Gasteiger partial charge in [0.2, 0.25) is 0 Å². The number of hydrogen-bond donors (Lipinski definition) is 1. The number of carboxylic acids is 1. The summed E-state index contributed by atoms with van der Waals surface area (Å²) in [4.78, 5) is 11.2. The summed E-state index contributed by atoms with van der Waals surface area (Å²) in [6, 6.07) is 1.71. The van der Waals surface area contributed by atoms with E-state index in [1.165, 1.54) is 0 Å². The second kappa shape index (κ2) is 4.61. The van der Waals surface area contributed by atoms with Gasteiger partial charge in [-0.15, -0.1) is 0 Å². The van der Waals surface area contributed by atoms with Gasteiger partial charge in [-0.2, -0.15) is 0 Å². The van der Waals surface area contributed by atoms with Crippen molar-refractivity contribution in [3.8, 4) is 5.75 Å². The minimum atomic E-state index is -0.835. The highest BCUT2D eigenvalue weighted by Gasteiger charge is 2.23. The summed E-state index contributed by atoms with van der Waals surface area (Å²) in [7, 11) is 1.65. The molecule has 0 saturated heterocycles. The third-order valence-electron chi connectivity index (χ3n) is 2.99. The van der Waals surface area contributed by atoms with E-state index in [2.05, 4.69) is 22.6 Å². The zero-order valence-corrected chi connectivity index (χ0v) is 11.2. The molecule has 0 saturated carbocycles. The fraction of sp³-hybridized carbons (Fsp3) is 0.417. The van der Waals surface area contributed by atoms with Crippen LogP contribution in [0.4, 0.5) is 0 Å². The van der Waals surface area contributed by atoms with Crippen molar-refractivity contribution in [1.82, 2.24) is 0 Å². The number of carboxylic acid groups (broad SMARTS) is 1. The maximum absolute atomic E-state index is 11.2. The molecule has 0 spiro atoms. The summed E-state index contributed by atoms with van der Waals surface area (Å²) < 4.78 is 6.26. The third-order valence-corrected chi connectivity index (χ3v) is 3.79. The van der Waals surface area contributed by atoms with Gasteiger partial charge in [-0.1, -0.05) is 0 Å². The van der Waals surface area contributed by atoms with Crippen molar-refractivity contribution >= 4 is 28.6 Å². The summed E-state index contributed by atoms with van der Waals surface area (Å²) in [5.41, 5.74) is 2.51. The number of fused-ring (bicyclic) bond motifs is 1. The number of rotatable bonds is 2. The summed E-state index contributed by atoms with van der Waals surface area (Å²) in [5, 5.41) is 9.18. The van der Waals surface area contributed by atoms with Crippen molar-refractivity contribution in [2.24, 2.45) is 0 Å². The monoisotopic (exact) mass is 332 g/mol. The van der Waals surface area contributed by atoms with Crippen molar-refractivity contribution in [2.45, 2.75) is 25.7 Å². The van der Waals surface area contributed by atoms with E-state index in [1.807, 2.05) is 0 Å². The maximum atomic E-state index is 11.2. The van der Waals surface area contributed by atoms with Gasteiger partial charge in [0.25, 0.3) is 0 Å². The van der Waals surface area contributed by atoms with E-state index < -0.39 is 5.97 Å². The molecule has 0 aromatic heterocycles. The molecule has 0 heterocycles. The van der Waals surface area contributed by atoms with Crippen LogP contribution in [0.1, 0.15) is 34.3 Å². The Balaban J connectivity index is 2.67. The molecular formula is C12H13IO3. The smallest absolute Gasteiger partial charge is 0.336 e. The molecule has 0 amide bonds. The highest BCUT2D eigenvalue weighted by atomic mass is 127. The maximum Gasteiger partial charge on any atom is 0.336 e. The molecule has 0 bridgehead atoms. The summed E-state index contributed by atoms with van der Waals surface area (Å²) >= 11 is 2.14. The molecule has 4 heteroatoms. The van der Waals surface area contributed by atoms with Crippen LogP contribution in [0, 0.1) is 3.57 Å². The van der Waals surface area contributed by atoms with Gasteiger partial charge in [0.05, 0.1) is 16.2 Å². The largest absolute Gasteiger partial charge is 0.495 e. The topological polar surface area (TPSA) is 46.5 Å². The minimum Gasteiger partial charge on any atom is -0.495 e. The first-order valence-corrected chi connectivity index (χ1v) is 6.34. The van der Waals surface area contributed by atoms with E-state index >= 15 is 0 Å². The first-order valence-electron chi connectivity index (χ1n) is 5.26. The quantitative estimate of drug-likeness (QED) is 0.847. The second-order valence-corrected chi connectivity index (χ2v) is 5.07. The van der Waals surface area contributed by atoms with Gasteiger partial charge in [0, 0.05) is 0 Å². The average molecular weight is 332 g/mol. The van der Waals surface area contributed by atoms with Crippen molar-refractivity contribution in [3.05, 3.63) is 26.3 Å². The van der Waals surface area contributed by atoms with E-state index in [9.17, 15) is 9.90 Å². The lowest BCUT2D eigenvalue weighted by atomic mass is 9.87. The molecule has 3 nitrogen and oxygen atoms in total. The highest BCUT2D eigenvalue weighted by Crippen LogP contribution is 2.36. The standard InChI is InChI=1S/C12H13IO3/c1-16-11-8-5-3-2-4-7(8)9(12(14)15)6-10(11)13/h6H,2-5H2,1H3,(H,14,15). The molecule has 1 aliphatic rings. The molecule has 1 aromatic rings. The Morgan fingerprint density at radius 3 is 2.56 bits per heavy atom. The Morgan fingerprint density at radius 2 is 2.00 bits per heavy atom. The van der Waals surface area contributed by atoms with Gasteiger partial charge in [-0.25, -0.2) is 4.79 Å². The molecule has 16 heavy (non-hydrogen) atoms. The van der Waals surface area contributed by atoms with E-state index in [0.29, 0.717) is 5.56 Å². The van der Waals surface area contributed by atoms with Gasteiger partial charge < -0.3 is 9.84 Å². The molecule has 0 unspecified atom stereocenters. The number of halogens is 1. The van der Waals surface area contributed by atoms with E-state index in [0.717, 1.165) is 46.1 Å². The molecule has 0 aliphatic heterocycles. The van der Waals surface area contributed by atoms with Crippen molar-refractivity contribution in [1.29, 1.82) is 0 Å². The van der Waals surface area contributed by atoms with Gasteiger partial charge in [0.15, 0.2) is 0 Å². The van der Waals surface area contributed by atoms with Crippen LogP contribution in [0.5, 0.6) is 5.75 Å². The molecule has 2 rings (SSSR count). The highest BCUT2D eigenvalue weighted by molar-refractivity contribution is 14.1. The van der Waals surface area contributed by atoms with Crippen LogP contribution in [0.15, 0.2) is 6.07 Å². The minimum absolute atomic E-state index is 0.444. The third kappa shape index (κ3) is 1.90. The molecule has 0 fully saturated rings. The lowest BCUT2D eigenvalue weighted by Gasteiger charge is -2.21. The van der Waals surface area contributed by atoms with Gasteiger partial charge in [-0.05, 0) is 65.5 Å². The number of methoxy groups -OCH3 is 1. The van der Waals surface area contributed by atoms with Gasteiger partial charge in [-0.3, -0.25) is 0 Å². The number of hydrogen-bond acceptors (Lipinski definition) is 2. The molecular weight excluding hydrogens is 319 g/mol. The Labute approximate surface area is 108 Å². The fourth-order valence-corrected chi connectivity index (χ4v) is 3.15. The SMILES string of the molecule is COc1c(I)cc(C(=O)O)c2c1CCCC2. The Bertz CT molecular complexity index is 440. The van der Waals surface area contributed by atoms with E-state index in [1.54, 1.807) is 13.2 Å². The van der Waals surface area contributed by atoms with Crippen LogP contribution in [0.3, 0.4) is 0 Å². The summed E-state index contributed by atoms with van der Waals surface area (Å²) in [6.07, 6.45) is 3.96. The molecule has 1 aliphatic carbocycles. The van der Waals surface area contributed by atoms with Crippen LogP contribution in [-0.2, 0) is 12.8 Å². The van der Waals surface area contributed by atoms with Crippen molar-refractivity contribution in [2.75, 3.05) is 7.11 Å². The predicted molar refractivity (Wildman–Crippen MR) is 69.3 cm³/mol. The Hall–Kier alpha value is -0.780. The van der Waals surface area contributed by atoms with E-state index in [-0.39, 0.29) is 0 Å². The predicted octanol–water partition coefficient (Wildman–Crippen LogP) is 2.88. The Kier molecular flexibility index (Phi) is 3.37. The number of ether oxygens (including phenoxy) is 1. The van der Waals surface area contributed by atoms with E-state index in [4.69, 9.17) is 4.74 Å². The molecule has 0 atom stereocenters. The zero-order valence-electron chi connectivity index (χ0n) is 9.05. The average Bonchev–Trinajstić information content (AvgIpc) is 2.28. The first kappa shape index (κ1) is 11.7. The fourth-order valence-electron chi connectivity index (χ4n) is 2.29. The molecule has 1 aromatic carbocycles. The molecule has 86 valence electrons. The number of aromatic carboxylic acids is 1. The van der Waals surface area contributed by atoms with Crippen LogP contribution in [0.25, 0.3) is 0 Å². The summed E-state index contributed by atoms with van der Waals surface area (Å²) in [6.45, 7) is 0. The lowest BCUT2D eigenvalue weighted by molar-refractivity contribution is 0.0695. The lowest BCUT2D eigenvalue weighted by Crippen LogP contribution is -2.13. The first-order chi connectivity index (χ1) is 7.65. The van der Waals surface area contributed by atoms with Crippen LogP contribution >= 0.6 is 22.6 Å². The van der Waals surface area contributed by atoms with Crippen molar-refractivity contribution in [3.63, 3.8) is 0 Å². The van der Waals surface area contributed by atoms with Crippen molar-refractivity contribution < 1.29 is 14.6 Å². The molecule has 1 N–H and O–H groups in total. The Morgan fingerprint density at radius 1 is 1.38 bits per heavy atom. The van der Waals surface area contributed by atoms with Crippen LogP contribution in [-0.4, -0.2) is 18.2 Å². The van der Waals surface area contributed by atoms with Gasteiger partial charge >= 0.3 is 5.97 Å². The zero-order chi connectivity index (χ0) is 11.7. The van der Waals surface area contributed by atoms with Gasteiger partial charge in [0.1, 0.15) is 5.75 Å². The number of benzene rings is 1. The van der Waals surface area contributed by atoms with Crippen LogP contribution < -0.4 is 4.74 Å². The summed E-state index contributed by atoms with van der Waals surface area (Å²) in [5.74, 6) is 0.0269. The van der Waals surface area contributed by atoms with Crippen LogP contribution in [0.2, 0.25) is 0 Å². The number of carbonyl (C=O) groups is 1. The normalized spacial score (nSPS) is 14.4. The molecule has 0 radical (unpaired) electrons. The second-order valence-electron chi connectivity index (χ2n) is 3.91.